The highest BCUT2D eigenvalue weighted by molar-refractivity contribution is 7.97. The van der Waals surface area contributed by atoms with E-state index in [9.17, 15) is 12.8 Å². The van der Waals surface area contributed by atoms with Gasteiger partial charge in [-0.05, 0) is 42.9 Å². The molecule has 0 aliphatic carbocycles. The molecule has 6 nitrogen and oxygen atoms in total. The van der Waals surface area contributed by atoms with Crippen LogP contribution in [0.4, 0.5) is 4.39 Å². The normalized spacial score (nSPS) is 12.5. The smallest absolute Gasteiger partial charge is 0.213 e. The Morgan fingerprint density at radius 2 is 2.04 bits per heavy atom. The summed E-state index contributed by atoms with van der Waals surface area (Å²) in [4.78, 5) is 4.16. The van der Waals surface area contributed by atoms with Crippen molar-refractivity contribution in [1.29, 1.82) is 0 Å². The van der Waals surface area contributed by atoms with Crippen LogP contribution < -0.4 is 10.6 Å². The van der Waals surface area contributed by atoms with Crippen molar-refractivity contribution in [2.45, 2.75) is 25.6 Å². The van der Waals surface area contributed by atoms with Gasteiger partial charge in [-0.3, -0.25) is 4.99 Å². The molecule has 0 aliphatic rings. The first-order valence-corrected chi connectivity index (χ1v) is 11.5. The predicted octanol–water partition coefficient (Wildman–Crippen LogP) is 2.03. The fourth-order valence-corrected chi connectivity index (χ4v) is 3.75. The molecule has 0 aliphatic heterocycles. The van der Waals surface area contributed by atoms with Gasteiger partial charge in [0.25, 0.3) is 0 Å². The molecule has 0 atom stereocenters. The summed E-state index contributed by atoms with van der Waals surface area (Å²) in [6.45, 7) is 3.23. The largest absolute Gasteiger partial charge is 0.356 e. The van der Waals surface area contributed by atoms with Crippen LogP contribution in [0.25, 0.3) is 0 Å². The molecule has 148 valence electrons. The van der Waals surface area contributed by atoms with Crippen LogP contribution in [0.3, 0.4) is 0 Å². The molecule has 1 aromatic carbocycles. The zero-order valence-electron chi connectivity index (χ0n) is 15.9. The molecule has 0 bridgehead atoms. The van der Waals surface area contributed by atoms with E-state index < -0.39 is 10.0 Å². The summed E-state index contributed by atoms with van der Waals surface area (Å²) in [5, 5.41) is 6.37. The monoisotopic (exact) mass is 404 g/mol. The third-order valence-electron chi connectivity index (χ3n) is 3.92. The Labute approximate surface area is 160 Å². The lowest BCUT2D eigenvalue weighted by molar-refractivity contribution is 0.461. The zero-order valence-corrected chi connectivity index (χ0v) is 17.5. The zero-order chi connectivity index (χ0) is 19.6. The maximum Gasteiger partial charge on any atom is 0.213 e. The molecule has 0 amide bonds. The molecule has 1 aromatic rings. The van der Waals surface area contributed by atoms with Gasteiger partial charge in [-0.1, -0.05) is 6.07 Å². The van der Waals surface area contributed by atoms with E-state index >= 15 is 0 Å². The van der Waals surface area contributed by atoms with Gasteiger partial charge in [0, 0.05) is 39.5 Å². The van der Waals surface area contributed by atoms with Crippen molar-refractivity contribution in [2.75, 3.05) is 39.2 Å². The van der Waals surface area contributed by atoms with Crippen LogP contribution in [-0.2, 0) is 22.3 Å². The second kappa shape index (κ2) is 11.4. The molecule has 0 saturated heterocycles. The topological polar surface area (TPSA) is 73.8 Å². The highest BCUT2D eigenvalue weighted by Gasteiger charge is 2.14. The fourth-order valence-electron chi connectivity index (χ4n) is 2.32. The number of guanidine groups is 1. The van der Waals surface area contributed by atoms with Gasteiger partial charge in [-0.2, -0.15) is 11.8 Å². The van der Waals surface area contributed by atoms with Gasteiger partial charge in [-0.25, -0.2) is 17.1 Å². The minimum atomic E-state index is -3.14. The average Bonchev–Trinajstić information content (AvgIpc) is 2.62. The molecular formula is C17H29FN4O2S2. The van der Waals surface area contributed by atoms with Crippen LogP contribution in [0.1, 0.15) is 24.5 Å². The first-order valence-electron chi connectivity index (χ1n) is 8.48. The number of aliphatic imine (C=N–C) groups is 1. The van der Waals surface area contributed by atoms with E-state index in [2.05, 4.69) is 15.6 Å². The number of thioether (sulfide) groups is 1. The van der Waals surface area contributed by atoms with Crippen molar-refractivity contribution in [3.8, 4) is 0 Å². The van der Waals surface area contributed by atoms with Gasteiger partial charge >= 0.3 is 0 Å². The van der Waals surface area contributed by atoms with Crippen molar-refractivity contribution in [1.82, 2.24) is 14.9 Å². The Balaban J connectivity index is 2.47. The minimum absolute atomic E-state index is 0.107. The number of rotatable bonds is 10. The maximum atomic E-state index is 13.4. The van der Waals surface area contributed by atoms with Crippen molar-refractivity contribution < 1.29 is 12.8 Å². The second-order valence-electron chi connectivity index (χ2n) is 5.77. The maximum absolute atomic E-state index is 13.4. The number of halogens is 1. The third kappa shape index (κ3) is 7.51. The molecule has 0 heterocycles. The molecule has 0 spiro atoms. The number of hydrogen-bond acceptors (Lipinski definition) is 4. The molecule has 0 aromatic heterocycles. The second-order valence-corrected chi connectivity index (χ2v) is 9.00. The Morgan fingerprint density at radius 3 is 2.65 bits per heavy atom. The lowest BCUT2D eigenvalue weighted by atomic mass is 10.1. The van der Waals surface area contributed by atoms with Gasteiger partial charge in [-0.15, -0.1) is 0 Å². The first-order chi connectivity index (χ1) is 12.3. The standard InChI is InChI=1S/C17H29FN4O2S2/c1-5-26(23,24)22(3)10-6-9-20-17(19-2)21-12-14-7-8-16(18)11-15(14)13-25-4/h7-8,11H,5-6,9-10,12-13H2,1-4H3,(H2,19,20,21). The molecule has 26 heavy (non-hydrogen) atoms. The molecule has 0 saturated carbocycles. The van der Waals surface area contributed by atoms with Gasteiger partial charge in [0.2, 0.25) is 10.0 Å². The average molecular weight is 405 g/mol. The number of nitrogens with zero attached hydrogens (tertiary/aromatic N) is 2. The number of hydrogen-bond donors (Lipinski definition) is 2. The summed E-state index contributed by atoms with van der Waals surface area (Å²) < 4.78 is 38.2. The summed E-state index contributed by atoms with van der Waals surface area (Å²) in [5.74, 6) is 1.26. The molecule has 1 rings (SSSR count). The van der Waals surface area contributed by atoms with Crippen molar-refractivity contribution in [2.24, 2.45) is 4.99 Å². The van der Waals surface area contributed by atoms with E-state index in [1.165, 1.54) is 10.4 Å². The van der Waals surface area contributed by atoms with E-state index in [-0.39, 0.29) is 11.6 Å². The van der Waals surface area contributed by atoms with Crippen molar-refractivity contribution >= 4 is 27.7 Å². The fraction of sp³-hybridized carbons (Fsp3) is 0.588. The Bertz CT molecular complexity index is 696. The van der Waals surface area contributed by atoms with Crippen molar-refractivity contribution in [3.63, 3.8) is 0 Å². The van der Waals surface area contributed by atoms with Crippen LogP contribution in [-0.4, -0.2) is 57.9 Å². The molecule has 0 fully saturated rings. The van der Waals surface area contributed by atoms with Crippen LogP contribution in [0.2, 0.25) is 0 Å². The van der Waals surface area contributed by atoms with Crippen LogP contribution in [0.5, 0.6) is 0 Å². The summed E-state index contributed by atoms with van der Waals surface area (Å²) in [5.41, 5.74) is 1.99. The highest BCUT2D eigenvalue weighted by atomic mass is 32.2. The Hall–Kier alpha value is -1.32. The van der Waals surface area contributed by atoms with E-state index in [4.69, 9.17) is 0 Å². The van der Waals surface area contributed by atoms with Crippen LogP contribution in [0.15, 0.2) is 23.2 Å². The van der Waals surface area contributed by atoms with Gasteiger partial charge in [0.1, 0.15) is 5.82 Å². The van der Waals surface area contributed by atoms with Crippen LogP contribution >= 0.6 is 11.8 Å². The number of nitrogens with one attached hydrogen (secondary N) is 2. The lowest BCUT2D eigenvalue weighted by Gasteiger charge is -2.17. The molecule has 9 heteroatoms. The van der Waals surface area contributed by atoms with Gasteiger partial charge < -0.3 is 10.6 Å². The lowest BCUT2D eigenvalue weighted by Crippen LogP contribution is -2.38. The van der Waals surface area contributed by atoms with Crippen molar-refractivity contribution in [3.05, 3.63) is 35.1 Å². The Kier molecular flexibility index (Phi) is 9.97. The molecule has 2 N–H and O–H groups in total. The van der Waals surface area contributed by atoms with E-state index in [1.54, 1.807) is 44.9 Å². The summed E-state index contributed by atoms with van der Waals surface area (Å²) >= 11 is 1.65. The quantitative estimate of drug-likeness (QED) is 0.355. The predicted molar refractivity (Wildman–Crippen MR) is 109 cm³/mol. The number of benzene rings is 1. The third-order valence-corrected chi connectivity index (χ3v) is 6.38. The minimum Gasteiger partial charge on any atom is -0.356 e. The highest BCUT2D eigenvalue weighted by Crippen LogP contribution is 2.16. The van der Waals surface area contributed by atoms with E-state index in [0.717, 1.165) is 16.9 Å². The summed E-state index contributed by atoms with van der Waals surface area (Å²) in [6, 6.07) is 4.81. The Morgan fingerprint density at radius 1 is 1.31 bits per heavy atom. The molecular weight excluding hydrogens is 375 g/mol. The molecule has 0 radical (unpaired) electrons. The SMILES string of the molecule is CCS(=O)(=O)N(C)CCCNC(=NC)NCc1ccc(F)cc1CSC. The first kappa shape index (κ1) is 22.7. The van der Waals surface area contributed by atoms with E-state index in [0.29, 0.717) is 32.0 Å². The number of sulfonamides is 1. The van der Waals surface area contributed by atoms with Crippen LogP contribution in [0, 0.1) is 5.82 Å². The van der Waals surface area contributed by atoms with Gasteiger partial charge in [0.15, 0.2) is 5.96 Å². The van der Waals surface area contributed by atoms with E-state index in [1.807, 2.05) is 6.26 Å². The molecule has 0 unspecified atom stereocenters. The summed E-state index contributed by atoms with van der Waals surface area (Å²) in [7, 11) is 0.131. The van der Waals surface area contributed by atoms with Gasteiger partial charge in [0.05, 0.1) is 5.75 Å². The summed E-state index contributed by atoms with van der Waals surface area (Å²) in [6.07, 6.45) is 2.66.